The van der Waals surface area contributed by atoms with Crippen LogP contribution < -0.4 is 10.5 Å². The van der Waals surface area contributed by atoms with Gasteiger partial charge in [-0.3, -0.25) is 4.79 Å². The summed E-state index contributed by atoms with van der Waals surface area (Å²) in [6.45, 7) is 1.31. The molecule has 98 valence electrons. The van der Waals surface area contributed by atoms with Crippen LogP contribution in [0.5, 0.6) is 5.75 Å². The lowest BCUT2D eigenvalue weighted by molar-refractivity contribution is -0.132. The highest BCUT2D eigenvalue weighted by atomic mass is 79.9. The number of carbonyl (C=O) groups excluding carboxylic acids is 1. The number of benzene rings is 1. The van der Waals surface area contributed by atoms with E-state index in [0.717, 1.165) is 10.9 Å². The third-order valence-electron chi connectivity index (χ3n) is 2.82. The van der Waals surface area contributed by atoms with Crippen molar-refractivity contribution in [2.45, 2.75) is 12.5 Å². The van der Waals surface area contributed by atoms with Gasteiger partial charge in [0.2, 0.25) is 0 Å². The largest absolute Gasteiger partial charge is 0.482 e. The number of carbonyl (C=O) groups is 1. The second-order valence-corrected chi connectivity index (χ2v) is 5.57. The Morgan fingerprint density at radius 1 is 1.61 bits per heavy atom. The Bertz CT molecular complexity index is 456. The first-order chi connectivity index (χ1) is 8.56. The Balaban J connectivity index is 1.89. The fourth-order valence-electron chi connectivity index (χ4n) is 1.84. The van der Waals surface area contributed by atoms with E-state index in [2.05, 4.69) is 15.9 Å². The minimum Gasteiger partial charge on any atom is -0.482 e. The molecule has 18 heavy (non-hydrogen) atoms. The molecule has 0 bridgehead atoms. The molecule has 1 aromatic carbocycles. The Morgan fingerprint density at radius 3 is 3.00 bits per heavy atom. The van der Waals surface area contributed by atoms with Gasteiger partial charge in [0.15, 0.2) is 6.61 Å². The number of rotatable bonds is 3. The van der Waals surface area contributed by atoms with E-state index in [4.69, 9.17) is 22.1 Å². The summed E-state index contributed by atoms with van der Waals surface area (Å²) in [5.74, 6) is 0.457. The highest BCUT2D eigenvalue weighted by molar-refractivity contribution is 9.10. The van der Waals surface area contributed by atoms with Crippen LogP contribution >= 0.6 is 27.5 Å². The molecule has 0 aliphatic carbocycles. The molecule has 2 N–H and O–H groups in total. The van der Waals surface area contributed by atoms with Gasteiger partial charge in [-0.1, -0.05) is 27.5 Å². The van der Waals surface area contributed by atoms with E-state index in [1.165, 1.54) is 0 Å². The monoisotopic (exact) mass is 332 g/mol. The molecule has 1 amide bonds. The zero-order chi connectivity index (χ0) is 13.1. The van der Waals surface area contributed by atoms with E-state index < -0.39 is 0 Å². The predicted molar refractivity (Wildman–Crippen MR) is 73.8 cm³/mol. The van der Waals surface area contributed by atoms with Crippen LogP contribution in [0.2, 0.25) is 5.02 Å². The third kappa shape index (κ3) is 3.37. The molecule has 4 nitrogen and oxygen atoms in total. The number of nitrogens with zero attached hydrogens (tertiary/aromatic N) is 1. The summed E-state index contributed by atoms with van der Waals surface area (Å²) in [5, 5.41) is 0.482. The van der Waals surface area contributed by atoms with Gasteiger partial charge in [-0.05, 0) is 24.6 Å². The minimum absolute atomic E-state index is 0.00588. The second-order valence-electron chi connectivity index (χ2n) is 4.25. The summed E-state index contributed by atoms with van der Waals surface area (Å²) in [5.41, 5.74) is 5.75. The Hall–Kier alpha value is -0.780. The first-order valence-corrected chi connectivity index (χ1v) is 6.84. The Morgan fingerprint density at radius 2 is 2.39 bits per heavy atom. The Kier molecular flexibility index (Phi) is 4.48. The van der Waals surface area contributed by atoms with Gasteiger partial charge in [-0.2, -0.15) is 0 Å². The lowest BCUT2D eigenvalue weighted by atomic mass is 10.3. The zero-order valence-electron chi connectivity index (χ0n) is 9.73. The molecule has 0 saturated carbocycles. The summed E-state index contributed by atoms with van der Waals surface area (Å²) in [6.07, 6.45) is 0.852. The summed E-state index contributed by atoms with van der Waals surface area (Å²) in [7, 11) is 0. The van der Waals surface area contributed by atoms with Crippen LogP contribution in [0.3, 0.4) is 0 Å². The van der Waals surface area contributed by atoms with Gasteiger partial charge in [0.05, 0.1) is 5.02 Å². The molecule has 1 atom stereocenters. The first-order valence-electron chi connectivity index (χ1n) is 5.67. The van der Waals surface area contributed by atoms with E-state index in [1.807, 2.05) is 6.07 Å². The van der Waals surface area contributed by atoms with E-state index in [-0.39, 0.29) is 18.6 Å². The maximum Gasteiger partial charge on any atom is 0.260 e. The van der Waals surface area contributed by atoms with Crippen LogP contribution in [0.4, 0.5) is 0 Å². The van der Waals surface area contributed by atoms with Crippen LogP contribution in [-0.4, -0.2) is 36.5 Å². The number of amides is 1. The molecule has 1 aromatic rings. The highest BCUT2D eigenvalue weighted by Gasteiger charge is 2.23. The fourth-order valence-corrected chi connectivity index (χ4v) is 2.56. The molecule has 0 unspecified atom stereocenters. The van der Waals surface area contributed by atoms with Gasteiger partial charge in [0.25, 0.3) is 5.91 Å². The molecule has 0 radical (unpaired) electrons. The van der Waals surface area contributed by atoms with Crippen molar-refractivity contribution in [3.05, 3.63) is 27.7 Å². The van der Waals surface area contributed by atoms with Crippen LogP contribution in [0, 0.1) is 0 Å². The molecule has 1 saturated heterocycles. The quantitative estimate of drug-likeness (QED) is 0.921. The smallest absolute Gasteiger partial charge is 0.260 e. The molecular formula is C12H14BrClN2O2. The van der Waals surface area contributed by atoms with Crippen LogP contribution in [0.1, 0.15) is 6.42 Å². The lowest BCUT2D eigenvalue weighted by Crippen LogP contribution is -2.35. The average Bonchev–Trinajstić information content (AvgIpc) is 2.74. The van der Waals surface area contributed by atoms with Crippen molar-refractivity contribution < 1.29 is 9.53 Å². The zero-order valence-corrected chi connectivity index (χ0v) is 12.1. The van der Waals surface area contributed by atoms with Crippen molar-refractivity contribution in [2.24, 2.45) is 5.73 Å². The van der Waals surface area contributed by atoms with E-state index in [9.17, 15) is 4.79 Å². The van der Waals surface area contributed by atoms with Crippen molar-refractivity contribution in [1.82, 2.24) is 4.90 Å². The molecule has 1 fully saturated rings. The van der Waals surface area contributed by atoms with Crippen molar-refractivity contribution >= 4 is 33.4 Å². The first kappa shape index (κ1) is 13.6. The summed E-state index contributed by atoms with van der Waals surface area (Å²) in [6, 6.07) is 5.37. The average molecular weight is 334 g/mol. The Labute approximate surface area is 119 Å². The van der Waals surface area contributed by atoms with Crippen molar-refractivity contribution in [1.29, 1.82) is 0 Å². The van der Waals surface area contributed by atoms with Gasteiger partial charge >= 0.3 is 0 Å². The van der Waals surface area contributed by atoms with E-state index >= 15 is 0 Å². The van der Waals surface area contributed by atoms with Crippen molar-refractivity contribution in [2.75, 3.05) is 19.7 Å². The molecular weight excluding hydrogens is 320 g/mol. The van der Waals surface area contributed by atoms with Crippen LogP contribution in [-0.2, 0) is 4.79 Å². The van der Waals surface area contributed by atoms with Gasteiger partial charge in [-0.15, -0.1) is 0 Å². The highest BCUT2D eigenvalue weighted by Crippen LogP contribution is 2.27. The number of hydrogen-bond donors (Lipinski definition) is 1. The maximum atomic E-state index is 11.8. The lowest BCUT2D eigenvalue weighted by Gasteiger charge is -2.16. The number of ether oxygens (including phenoxy) is 1. The normalized spacial score (nSPS) is 19.1. The number of hydrogen-bond acceptors (Lipinski definition) is 3. The molecule has 2 rings (SSSR count). The molecule has 1 aliphatic rings. The second kappa shape index (κ2) is 5.91. The van der Waals surface area contributed by atoms with Gasteiger partial charge in [0.1, 0.15) is 5.75 Å². The number of halogens is 2. The molecule has 0 aromatic heterocycles. The van der Waals surface area contributed by atoms with E-state index in [0.29, 0.717) is 23.9 Å². The fraction of sp³-hybridized carbons (Fsp3) is 0.417. The SMILES string of the molecule is N[C@@H]1CCN(C(=O)COc2ccc(Br)cc2Cl)C1. The van der Waals surface area contributed by atoms with Gasteiger partial charge < -0.3 is 15.4 Å². The predicted octanol–water partition coefficient (Wildman–Crippen LogP) is 2.04. The van der Waals surface area contributed by atoms with Crippen molar-refractivity contribution in [3.63, 3.8) is 0 Å². The standard InChI is InChI=1S/C12H14BrClN2O2/c13-8-1-2-11(10(14)5-8)18-7-12(17)16-4-3-9(15)6-16/h1-2,5,9H,3-4,6-7,15H2/t9-/m1/s1. The molecule has 1 aliphatic heterocycles. The van der Waals surface area contributed by atoms with Gasteiger partial charge in [0, 0.05) is 23.6 Å². The number of likely N-dealkylation sites (tertiary alicyclic amines) is 1. The molecule has 6 heteroatoms. The van der Waals surface area contributed by atoms with Crippen LogP contribution in [0.15, 0.2) is 22.7 Å². The summed E-state index contributed by atoms with van der Waals surface area (Å²) in [4.78, 5) is 13.6. The maximum absolute atomic E-state index is 11.8. The summed E-state index contributed by atoms with van der Waals surface area (Å²) < 4.78 is 6.29. The van der Waals surface area contributed by atoms with Gasteiger partial charge in [-0.25, -0.2) is 0 Å². The summed E-state index contributed by atoms with van der Waals surface area (Å²) >= 11 is 9.30. The molecule has 1 heterocycles. The van der Waals surface area contributed by atoms with Crippen LogP contribution in [0.25, 0.3) is 0 Å². The van der Waals surface area contributed by atoms with Crippen molar-refractivity contribution in [3.8, 4) is 5.75 Å². The molecule has 0 spiro atoms. The third-order valence-corrected chi connectivity index (χ3v) is 3.61. The number of nitrogens with two attached hydrogens (primary N) is 1. The topological polar surface area (TPSA) is 55.6 Å². The minimum atomic E-state index is -0.0538. The van der Waals surface area contributed by atoms with E-state index in [1.54, 1.807) is 17.0 Å².